The number of terminal acetylenes is 1. The Balaban J connectivity index is 1.88. The molecule has 0 heterocycles. The first-order valence-electron chi connectivity index (χ1n) is 6.99. The summed E-state index contributed by atoms with van der Waals surface area (Å²) in [5.74, 6) is 2.84. The lowest BCUT2D eigenvalue weighted by atomic mass is 10.1. The van der Waals surface area contributed by atoms with Gasteiger partial charge in [0.15, 0.2) is 0 Å². The fourth-order valence-electron chi connectivity index (χ4n) is 2.06. The van der Waals surface area contributed by atoms with Crippen molar-refractivity contribution in [3.63, 3.8) is 0 Å². The van der Waals surface area contributed by atoms with Crippen molar-refractivity contribution in [1.29, 1.82) is 0 Å². The van der Waals surface area contributed by atoms with Gasteiger partial charge in [-0.3, -0.25) is 0 Å². The minimum absolute atomic E-state index is 0.217. The van der Waals surface area contributed by atoms with Crippen LogP contribution in [-0.4, -0.2) is 18.3 Å². The molecule has 2 rings (SSSR count). The lowest BCUT2D eigenvalue weighted by Gasteiger charge is -2.14. The van der Waals surface area contributed by atoms with Gasteiger partial charge in [-0.2, -0.15) is 0 Å². The predicted molar refractivity (Wildman–Crippen MR) is 83.8 cm³/mol. The lowest BCUT2D eigenvalue weighted by Crippen LogP contribution is -2.21. The molecule has 0 saturated heterocycles. The van der Waals surface area contributed by atoms with Crippen LogP contribution in [0.3, 0.4) is 0 Å². The Bertz CT molecular complexity index is 634. The van der Waals surface area contributed by atoms with Crippen LogP contribution in [0.1, 0.15) is 17.2 Å². The quantitative estimate of drug-likeness (QED) is 0.772. The first kappa shape index (κ1) is 16.0. The molecular weight excluding hydrogens is 281 g/mol. The molecule has 0 saturated carbocycles. The normalized spacial score (nSPS) is 11.7. The van der Waals surface area contributed by atoms with Crippen LogP contribution in [0.15, 0.2) is 48.5 Å². The number of aliphatic hydroxyl groups excluding tert-OH is 1. The molecular formula is C18H18FNO2. The zero-order valence-corrected chi connectivity index (χ0v) is 12.1. The zero-order valence-electron chi connectivity index (χ0n) is 12.1. The Morgan fingerprint density at radius 3 is 2.64 bits per heavy atom. The minimum Gasteiger partial charge on any atom is -0.481 e. The highest BCUT2D eigenvalue weighted by atomic mass is 19.1. The van der Waals surface area contributed by atoms with Crippen LogP contribution >= 0.6 is 0 Å². The van der Waals surface area contributed by atoms with Gasteiger partial charge in [0.1, 0.15) is 18.2 Å². The van der Waals surface area contributed by atoms with Gasteiger partial charge in [-0.1, -0.05) is 36.3 Å². The van der Waals surface area contributed by atoms with Gasteiger partial charge >= 0.3 is 0 Å². The zero-order chi connectivity index (χ0) is 15.8. The van der Waals surface area contributed by atoms with E-state index >= 15 is 0 Å². The van der Waals surface area contributed by atoms with Crippen LogP contribution in [0.4, 0.5) is 4.39 Å². The highest BCUT2D eigenvalue weighted by molar-refractivity contribution is 5.33. The van der Waals surface area contributed by atoms with Crippen molar-refractivity contribution < 1.29 is 14.2 Å². The summed E-state index contributed by atoms with van der Waals surface area (Å²) in [6, 6.07) is 13.4. The SMILES string of the molecule is C#CCOc1ccccc1CNCC(O)c1ccc(F)cc1. The number of hydrogen-bond donors (Lipinski definition) is 2. The van der Waals surface area contributed by atoms with E-state index in [1.165, 1.54) is 12.1 Å². The number of para-hydroxylation sites is 1. The van der Waals surface area contributed by atoms with E-state index in [9.17, 15) is 9.50 Å². The van der Waals surface area contributed by atoms with Crippen LogP contribution in [-0.2, 0) is 6.54 Å². The Morgan fingerprint density at radius 2 is 1.91 bits per heavy atom. The van der Waals surface area contributed by atoms with E-state index in [2.05, 4.69) is 11.2 Å². The number of benzene rings is 2. The molecule has 0 aliphatic rings. The molecule has 0 fully saturated rings. The van der Waals surface area contributed by atoms with Crippen molar-refractivity contribution in [3.8, 4) is 18.1 Å². The molecule has 0 spiro atoms. The van der Waals surface area contributed by atoms with Gasteiger partial charge in [0.25, 0.3) is 0 Å². The molecule has 0 aliphatic heterocycles. The first-order chi connectivity index (χ1) is 10.7. The largest absolute Gasteiger partial charge is 0.481 e. The van der Waals surface area contributed by atoms with Crippen molar-refractivity contribution in [2.45, 2.75) is 12.6 Å². The van der Waals surface area contributed by atoms with Crippen LogP contribution in [0, 0.1) is 18.2 Å². The molecule has 2 aromatic carbocycles. The molecule has 2 aromatic rings. The molecule has 2 N–H and O–H groups in total. The lowest BCUT2D eigenvalue weighted by molar-refractivity contribution is 0.174. The third-order valence-corrected chi connectivity index (χ3v) is 3.19. The Labute approximate surface area is 129 Å². The van der Waals surface area contributed by atoms with E-state index in [-0.39, 0.29) is 12.4 Å². The average Bonchev–Trinajstić information content (AvgIpc) is 2.54. The fourth-order valence-corrected chi connectivity index (χ4v) is 2.06. The number of halogens is 1. The highest BCUT2D eigenvalue weighted by Gasteiger charge is 2.08. The van der Waals surface area contributed by atoms with Crippen LogP contribution in [0.2, 0.25) is 0 Å². The van der Waals surface area contributed by atoms with Crippen LogP contribution in [0.25, 0.3) is 0 Å². The maximum Gasteiger partial charge on any atom is 0.148 e. The van der Waals surface area contributed by atoms with Gasteiger partial charge in [0.2, 0.25) is 0 Å². The van der Waals surface area contributed by atoms with Gasteiger partial charge in [-0.25, -0.2) is 4.39 Å². The van der Waals surface area contributed by atoms with Gasteiger partial charge in [-0.05, 0) is 23.8 Å². The monoisotopic (exact) mass is 299 g/mol. The Morgan fingerprint density at radius 1 is 1.18 bits per heavy atom. The van der Waals surface area contributed by atoms with E-state index in [1.54, 1.807) is 12.1 Å². The van der Waals surface area contributed by atoms with E-state index in [0.29, 0.717) is 18.7 Å². The molecule has 0 aromatic heterocycles. The summed E-state index contributed by atoms with van der Waals surface area (Å²) >= 11 is 0. The molecule has 3 nitrogen and oxygen atoms in total. The molecule has 0 aliphatic carbocycles. The second-order valence-corrected chi connectivity index (χ2v) is 4.80. The van der Waals surface area contributed by atoms with E-state index in [4.69, 9.17) is 11.2 Å². The fraction of sp³-hybridized carbons (Fsp3) is 0.222. The number of hydrogen-bond acceptors (Lipinski definition) is 3. The second kappa shape index (κ2) is 8.18. The number of nitrogens with one attached hydrogen (secondary N) is 1. The van der Waals surface area contributed by atoms with Gasteiger partial charge < -0.3 is 15.2 Å². The van der Waals surface area contributed by atoms with Gasteiger partial charge in [0, 0.05) is 18.7 Å². The van der Waals surface area contributed by atoms with Crippen molar-refractivity contribution in [2.24, 2.45) is 0 Å². The van der Waals surface area contributed by atoms with E-state index < -0.39 is 6.10 Å². The maximum absolute atomic E-state index is 12.8. The van der Waals surface area contributed by atoms with Crippen molar-refractivity contribution in [2.75, 3.05) is 13.2 Å². The predicted octanol–water partition coefficient (Wildman–Crippen LogP) is 2.66. The Hall–Kier alpha value is -2.35. The number of rotatable bonds is 7. The van der Waals surface area contributed by atoms with Gasteiger partial charge in [-0.15, -0.1) is 6.42 Å². The smallest absolute Gasteiger partial charge is 0.148 e. The molecule has 4 heteroatoms. The molecule has 0 amide bonds. The number of ether oxygens (including phenoxy) is 1. The summed E-state index contributed by atoms with van der Waals surface area (Å²) in [6.07, 6.45) is 4.50. The molecule has 0 bridgehead atoms. The van der Waals surface area contributed by atoms with Crippen molar-refractivity contribution in [1.82, 2.24) is 5.32 Å². The van der Waals surface area contributed by atoms with Gasteiger partial charge in [0.05, 0.1) is 6.10 Å². The standard InChI is InChI=1S/C18H18FNO2/c1-2-11-22-18-6-4-3-5-15(18)12-20-13-17(21)14-7-9-16(19)10-8-14/h1,3-10,17,20-21H,11-13H2. The number of aliphatic hydroxyl groups is 1. The summed E-state index contributed by atoms with van der Waals surface area (Å²) in [5, 5.41) is 13.2. The first-order valence-corrected chi connectivity index (χ1v) is 6.99. The summed E-state index contributed by atoms with van der Waals surface area (Å²) in [6.45, 7) is 1.11. The maximum atomic E-state index is 12.8. The summed E-state index contributed by atoms with van der Waals surface area (Å²) in [4.78, 5) is 0. The molecule has 114 valence electrons. The summed E-state index contributed by atoms with van der Waals surface area (Å²) in [5.41, 5.74) is 1.63. The third kappa shape index (κ3) is 4.59. The molecule has 22 heavy (non-hydrogen) atoms. The Kier molecular flexibility index (Phi) is 5.96. The highest BCUT2D eigenvalue weighted by Crippen LogP contribution is 2.18. The van der Waals surface area contributed by atoms with Crippen LogP contribution in [0.5, 0.6) is 5.75 Å². The second-order valence-electron chi connectivity index (χ2n) is 4.80. The third-order valence-electron chi connectivity index (χ3n) is 3.19. The van der Waals surface area contributed by atoms with E-state index in [1.807, 2.05) is 24.3 Å². The van der Waals surface area contributed by atoms with Crippen molar-refractivity contribution >= 4 is 0 Å². The topological polar surface area (TPSA) is 41.5 Å². The minimum atomic E-state index is -0.695. The summed E-state index contributed by atoms with van der Waals surface area (Å²) < 4.78 is 18.3. The molecule has 0 radical (unpaired) electrons. The van der Waals surface area contributed by atoms with E-state index in [0.717, 1.165) is 11.3 Å². The van der Waals surface area contributed by atoms with Crippen LogP contribution < -0.4 is 10.1 Å². The summed E-state index contributed by atoms with van der Waals surface area (Å²) in [7, 11) is 0. The molecule has 1 atom stereocenters. The molecule has 1 unspecified atom stereocenters. The van der Waals surface area contributed by atoms with Crippen molar-refractivity contribution in [3.05, 3.63) is 65.5 Å². The average molecular weight is 299 g/mol.